The topological polar surface area (TPSA) is 46.3 Å². The molecule has 25 heavy (non-hydrogen) atoms. The molecule has 0 fully saturated rings. The number of nitrogens with zero attached hydrogens (tertiary/aromatic N) is 2. The van der Waals surface area contributed by atoms with Crippen LogP contribution in [0.2, 0.25) is 0 Å². The summed E-state index contributed by atoms with van der Waals surface area (Å²) in [6, 6.07) is 15.4. The van der Waals surface area contributed by atoms with Crippen molar-refractivity contribution in [1.82, 2.24) is 9.88 Å². The summed E-state index contributed by atoms with van der Waals surface area (Å²) in [6.45, 7) is 5.19. The quantitative estimate of drug-likeness (QED) is 0.660. The minimum atomic E-state index is -0.0180. The molecular formula is C21H22N2O2. The largest absolute Gasteiger partial charge is 0.467 e. The Morgan fingerprint density at radius 3 is 2.48 bits per heavy atom. The number of rotatable bonds is 6. The van der Waals surface area contributed by atoms with E-state index < -0.39 is 0 Å². The molecule has 0 atom stereocenters. The predicted octanol–water partition coefficient (Wildman–Crippen LogP) is 4.64. The van der Waals surface area contributed by atoms with Gasteiger partial charge >= 0.3 is 0 Å². The van der Waals surface area contributed by atoms with Crippen LogP contribution in [0.25, 0.3) is 0 Å². The fourth-order valence-electron chi connectivity index (χ4n) is 2.70. The molecule has 2 heterocycles. The van der Waals surface area contributed by atoms with Gasteiger partial charge in [0.15, 0.2) is 0 Å². The number of carbonyl (C=O) groups excluding carboxylic acids is 1. The molecule has 0 N–H and O–H groups in total. The molecular weight excluding hydrogens is 312 g/mol. The number of carbonyl (C=O) groups is 1. The Kier molecular flexibility index (Phi) is 5.29. The predicted molar refractivity (Wildman–Crippen MR) is 97.1 cm³/mol. The molecule has 0 bridgehead atoms. The summed E-state index contributed by atoms with van der Waals surface area (Å²) in [5, 5.41) is 0. The Morgan fingerprint density at radius 1 is 1.08 bits per heavy atom. The van der Waals surface area contributed by atoms with Crippen molar-refractivity contribution in [2.24, 2.45) is 0 Å². The first-order valence-electron chi connectivity index (χ1n) is 8.44. The highest BCUT2D eigenvalue weighted by Gasteiger charge is 2.18. The van der Waals surface area contributed by atoms with E-state index >= 15 is 0 Å². The van der Waals surface area contributed by atoms with E-state index in [1.165, 1.54) is 5.56 Å². The van der Waals surface area contributed by atoms with Crippen LogP contribution in [0.15, 0.2) is 71.6 Å². The van der Waals surface area contributed by atoms with Gasteiger partial charge in [0.25, 0.3) is 5.91 Å². The Hall–Kier alpha value is -2.88. The van der Waals surface area contributed by atoms with Crippen LogP contribution in [-0.4, -0.2) is 15.8 Å². The summed E-state index contributed by atoms with van der Waals surface area (Å²) in [5.41, 5.74) is 2.89. The van der Waals surface area contributed by atoms with Crippen LogP contribution >= 0.6 is 0 Å². The average Bonchev–Trinajstić information content (AvgIpc) is 3.14. The molecule has 128 valence electrons. The van der Waals surface area contributed by atoms with Crippen LogP contribution in [0.4, 0.5) is 0 Å². The number of hydrogen-bond donors (Lipinski definition) is 0. The van der Waals surface area contributed by atoms with Crippen molar-refractivity contribution in [2.45, 2.75) is 32.9 Å². The van der Waals surface area contributed by atoms with Gasteiger partial charge in [0, 0.05) is 24.5 Å². The van der Waals surface area contributed by atoms with Crippen LogP contribution in [0, 0.1) is 0 Å². The van der Waals surface area contributed by atoms with Crippen molar-refractivity contribution in [3.05, 3.63) is 89.6 Å². The van der Waals surface area contributed by atoms with Crippen molar-refractivity contribution >= 4 is 5.91 Å². The highest BCUT2D eigenvalue weighted by Crippen LogP contribution is 2.18. The maximum Gasteiger partial charge on any atom is 0.254 e. The fourth-order valence-corrected chi connectivity index (χ4v) is 2.70. The fraction of sp³-hybridized carbons (Fsp3) is 0.238. The summed E-state index contributed by atoms with van der Waals surface area (Å²) in [4.78, 5) is 18.9. The number of pyridine rings is 1. The first-order valence-corrected chi connectivity index (χ1v) is 8.44. The Bertz CT molecular complexity index is 794. The molecule has 0 unspecified atom stereocenters. The van der Waals surface area contributed by atoms with Crippen LogP contribution in [0.1, 0.15) is 47.0 Å². The zero-order chi connectivity index (χ0) is 17.6. The molecule has 1 aromatic carbocycles. The lowest BCUT2D eigenvalue weighted by Crippen LogP contribution is -2.30. The van der Waals surface area contributed by atoms with Crippen LogP contribution < -0.4 is 0 Å². The average molecular weight is 334 g/mol. The van der Waals surface area contributed by atoms with Crippen molar-refractivity contribution in [2.75, 3.05) is 0 Å². The number of amides is 1. The summed E-state index contributed by atoms with van der Waals surface area (Å²) in [7, 11) is 0. The monoisotopic (exact) mass is 334 g/mol. The Labute approximate surface area is 148 Å². The van der Waals surface area contributed by atoms with Gasteiger partial charge in [-0.3, -0.25) is 9.78 Å². The smallest absolute Gasteiger partial charge is 0.254 e. The van der Waals surface area contributed by atoms with E-state index in [9.17, 15) is 4.79 Å². The standard InChI is InChI=1S/C21H22N2O2/c1-16(2)18-7-9-19(10-8-18)21(24)23(15-20-6-4-12-25-20)14-17-5-3-11-22-13-17/h3-13,16H,14-15H2,1-2H3. The zero-order valence-electron chi connectivity index (χ0n) is 14.6. The van der Waals surface area contributed by atoms with E-state index in [4.69, 9.17) is 4.42 Å². The molecule has 0 saturated heterocycles. The van der Waals surface area contributed by atoms with Gasteiger partial charge in [-0.2, -0.15) is 0 Å². The second kappa shape index (κ2) is 7.79. The number of aromatic nitrogens is 1. The highest BCUT2D eigenvalue weighted by atomic mass is 16.3. The molecule has 4 heteroatoms. The second-order valence-corrected chi connectivity index (χ2v) is 6.38. The molecule has 3 rings (SSSR count). The molecule has 0 spiro atoms. The van der Waals surface area contributed by atoms with Crippen LogP contribution in [-0.2, 0) is 13.1 Å². The molecule has 0 aliphatic carbocycles. The van der Waals surface area contributed by atoms with Gasteiger partial charge in [0.1, 0.15) is 5.76 Å². The SMILES string of the molecule is CC(C)c1ccc(C(=O)N(Cc2cccnc2)Cc2ccco2)cc1. The summed E-state index contributed by atoms with van der Waals surface area (Å²) in [5.74, 6) is 1.19. The van der Waals surface area contributed by atoms with Crippen LogP contribution in [0.3, 0.4) is 0 Å². The first kappa shape index (κ1) is 17.0. The Morgan fingerprint density at radius 2 is 1.88 bits per heavy atom. The van der Waals surface area contributed by atoms with Crippen molar-refractivity contribution < 1.29 is 9.21 Å². The van der Waals surface area contributed by atoms with Gasteiger partial charge in [-0.15, -0.1) is 0 Å². The first-order chi connectivity index (χ1) is 12.1. The molecule has 4 nitrogen and oxygen atoms in total. The van der Waals surface area contributed by atoms with Crippen LogP contribution in [0.5, 0.6) is 0 Å². The van der Waals surface area contributed by atoms with E-state index in [0.717, 1.165) is 11.3 Å². The van der Waals surface area contributed by atoms with E-state index in [0.29, 0.717) is 24.6 Å². The van der Waals surface area contributed by atoms with Gasteiger partial charge in [-0.05, 0) is 47.4 Å². The van der Waals surface area contributed by atoms with Gasteiger partial charge in [0.05, 0.1) is 12.8 Å². The second-order valence-electron chi connectivity index (χ2n) is 6.38. The summed E-state index contributed by atoms with van der Waals surface area (Å²) >= 11 is 0. The third kappa shape index (κ3) is 4.35. The third-order valence-corrected chi connectivity index (χ3v) is 4.13. The summed E-state index contributed by atoms with van der Waals surface area (Å²) in [6.07, 6.45) is 5.14. The lowest BCUT2D eigenvalue weighted by atomic mass is 10.0. The highest BCUT2D eigenvalue weighted by molar-refractivity contribution is 5.94. The number of benzene rings is 1. The van der Waals surface area contributed by atoms with Gasteiger partial charge < -0.3 is 9.32 Å². The van der Waals surface area contributed by atoms with Gasteiger partial charge in [0.2, 0.25) is 0 Å². The molecule has 1 amide bonds. The van der Waals surface area contributed by atoms with Gasteiger partial charge in [-0.1, -0.05) is 32.0 Å². The normalized spacial score (nSPS) is 10.8. The molecule has 0 aliphatic heterocycles. The molecule has 0 saturated carbocycles. The lowest BCUT2D eigenvalue weighted by Gasteiger charge is -2.22. The van der Waals surface area contributed by atoms with Gasteiger partial charge in [-0.25, -0.2) is 0 Å². The Balaban J connectivity index is 1.83. The molecule has 2 aromatic heterocycles. The minimum absolute atomic E-state index is 0.0180. The number of furan rings is 1. The maximum absolute atomic E-state index is 13.0. The molecule has 3 aromatic rings. The van der Waals surface area contributed by atoms with E-state index in [1.807, 2.05) is 48.5 Å². The third-order valence-electron chi connectivity index (χ3n) is 4.13. The maximum atomic E-state index is 13.0. The van der Waals surface area contributed by atoms with Crippen molar-refractivity contribution in [1.29, 1.82) is 0 Å². The van der Waals surface area contributed by atoms with E-state index in [1.54, 1.807) is 23.6 Å². The van der Waals surface area contributed by atoms with E-state index in [-0.39, 0.29) is 5.91 Å². The van der Waals surface area contributed by atoms with E-state index in [2.05, 4.69) is 18.8 Å². The molecule has 0 radical (unpaired) electrons. The number of hydrogen-bond acceptors (Lipinski definition) is 3. The minimum Gasteiger partial charge on any atom is -0.467 e. The van der Waals surface area contributed by atoms with Crippen molar-refractivity contribution in [3.8, 4) is 0 Å². The van der Waals surface area contributed by atoms with Crippen molar-refractivity contribution in [3.63, 3.8) is 0 Å². The molecule has 0 aliphatic rings. The summed E-state index contributed by atoms with van der Waals surface area (Å²) < 4.78 is 5.43. The lowest BCUT2D eigenvalue weighted by molar-refractivity contribution is 0.0717. The zero-order valence-corrected chi connectivity index (χ0v) is 14.6.